The highest BCUT2D eigenvalue weighted by Gasteiger charge is 2.51. The van der Waals surface area contributed by atoms with Gasteiger partial charge in [0.1, 0.15) is 11.6 Å². The van der Waals surface area contributed by atoms with Crippen LogP contribution in [0, 0.1) is 0 Å². The fraction of sp³-hybridized carbons (Fsp3) is 0.250. The second-order valence-corrected chi connectivity index (χ2v) is 11.4. The summed E-state index contributed by atoms with van der Waals surface area (Å²) in [6.45, 7) is 5.39. The number of rotatable bonds is 7. The lowest BCUT2D eigenvalue weighted by molar-refractivity contribution is -0.122. The molecule has 2 amide bonds. The monoisotopic (exact) mass is 517 g/mol. The zero-order valence-electron chi connectivity index (χ0n) is 20.8. The maximum atomic E-state index is 13.7. The summed E-state index contributed by atoms with van der Waals surface area (Å²) < 4.78 is 34.5. The van der Waals surface area contributed by atoms with E-state index >= 15 is 0 Å². The summed E-state index contributed by atoms with van der Waals surface area (Å²) in [4.78, 5) is 32.4. The zero-order valence-corrected chi connectivity index (χ0v) is 21.6. The number of imide groups is 1. The van der Waals surface area contributed by atoms with E-state index in [4.69, 9.17) is 4.42 Å². The average Bonchev–Trinajstić information content (AvgIpc) is 3.45. The molecule has 1 aliphatic rings. The van der Waals surface area contributed by atoms with E-state index < -0.39 is 33.4 Å². The summed E-state index contributed by atoms with van der Waals surface area (Å²) in [6, 6.07) is 21.0. The quantitative estimate of drug-likeness (QED) is 0.320. The van der Waals surface area contributed by atoms with Crippen LogP contribution in [0.25, 0.3) is 22.6 Å². The molecule has 1 aliphatic heterocycles. The van der Waals surface area contributed by atoms with Crippen molar-refractivity contribution in [2.75, 3.05) is 4.90 Å². The minimum Gasteiger partial charge on any atom is -0.436 e. The van der Waals surface area contributed by atoms with Crippen LogP contribution in [0.15, 0.2) is 88.2 Å². The Hall–Kier alpha value is -3.82. The molecule has 0 aliphatic carbocycles. The number of anilines is 1. The van der Waals surface area contributed by atoms with Gasteiger partial charge in [-0.3, -0.25) is 9.59 Å². The van der Waals surface area contributed by atoms with Crippen molar-refractivity contribution in [1.82, 2.24) is 9.29 Å². The number of aromatic nitrogens is 1. The Labute approximate surface area is 215 Å². The molecule has 2 heterocycles. The maximum absolute atomic E-state index is 13.7. The number of benzene rings is 3. The van der Waals surface area contributed by atoms with Crippen LogP contribution in [0.4, 0.5) is 5.69 Å². The van der Waals surface area contributed by atoms with Gasteiger partial charge in [0.15, 0.2) is 5.58 Å². The van der Waals surface area contributed by atoms with Gasteiger partial charge in [0.25, 0.3) is 5.91 Å². The lowest BCUT2D eigenvalue weighted by Gasteiger charge is -2.39. The van der Waals surface area contributed by atoms with Crippen LogP contribution < -0.4 is 4.90 Å². The lowest BCUT2D eigenvalue weighted by Crippen LogP contribution is -2.55. The molecule has 1 unspecified atom stereocenters. The van der Waals surface area contributed by atoms with E-state index in [-0.39, 0.29) is 11.3 Å². The van der Waals surface area contributed by atoms with E-state index in [0.29, 0.717) is 29.1 Å². The van der Waals surface area contributed by atoms with Gasteiger partial charge >= 0.3 is 0 Å². The number of nitrogens with zero attached hydrogens (tertiary/aromatic N) is 3. The Bertz CT molecular complexity index is 1540. The van der Waals surface area contributed by atoms with Gasteiger partial charge in [0.05, 0.1) is 17.0 Å². The van der Waals surface area contributed by atoms with E-state index in [0.717, 1.165) is 10.4 Å². The highest BCUT2D eigenvalue weighted by molar-refractivity contribution is 7.89. The SMILES string of the molecule is CCC(C)(C)N(C1CC(=O)N(c2ccc(-c3nc4ccccc4o3)cc2)C1=O)S(=O)(=O)c1ccccc1. The molecule has 0 spiro atoms. The molecule has 1 fully saturated rings. The van der Waals surface area contributed by atoms with Gasteiger partial charge in [0.2, 0.25) is 21.8 Å². The van der Waals surface area contributed by atoms with Crippen molar-refractivity contribution in [1.29, 1.82) is 0 Å². The van der Waals surface area contributed by atoms with Crippen molar-refractivity contribution in [2.45, 2.75) is 50.1 Å². The highest BCUT2D eigenvalue weighted by Crippen LogP contribution is 2.36. The van der Waals surface area contributed by atoms with Gasteiger partial charge < -0.3 is 4.42 Å². The van der Waals surface area contributed by atoms with Crippen molar-refractivity contribution >= 4 is 38.6 Å². The van der Waals surface area contributed by atoms with Crippen LogP contribution in [-0.4, -0.2) is 41.1 Å². The fourth-order valence-electron chi connectivity index (χ4n) is 4.60. The van der Waals surface area contributed by atoms with Gasteiger partial charge in [-0.15, -0.1) is 0 Å². The third kappa shape index (κ3) is 4.34. The first kappa shape index (κ1) is 24.9. The molecule has 0 saturated carbocycles. The van der Waals surface area contributed by atoms with E-state index in [1.807, 2.05) is 31.2 Å². The molecular weight excluding hydrogens is 490 g/mol. The molecule has 4 aromatic rings. The number of amides is 2. The molecule has 37 heavy (non-hydrogen) atoms. The van der Waals surface area contributed by atoms with E-state index in [1.54, 1.807) is 56.3 Å². The van der Waals surface area contributed by atoms with Crippen LogP contribution in [-0.2, 0) is 19.6 Å². The topological polar surface area (TPSA) is 101 Å². The van der Waals surface area contributed by atoms with Crippen LogP contribution >= 0.6 is 0 Å². The molecule has 190 valence electrons. The van der Waals surface area contributed by atoms with Gasteiger partial charge in [-0.1, -0.05) is 37.3 Å². The number of hydrogen-bond acceptors (Lipinski definition) is 6. The largest absolute Gasteiger partial charge is 0.436 e. The van der Waals surface area contributed by atoms with Crippen LogP contribution in [0.3, 0.4) is 0 Å². The van der Waals surface area contributed by atoms with Crippen LogP contribution in [0.2, 0.25) is 0 Å². The summed E-state index contributed by atoms with van der Waals surface area (Å²) >= 11 is 0. The first-order valence-corrected chi connectivity index (χ1v) is 13.5. The van der Waals surface area contributed by atoms with E-state index in [9.17, 15) is 18.0 Å². The van der Waals surface area contributed by atoms with Crippen molar-refractivity contribution in [3.05, 3.63) is 78.9 Å². The molecule has 0 radical (unpaired) electrons. The fourth-order valence-corrected chi connectivity index (χ4v) is 6.60. The number of sulfonamides is 1. The smallest absolute Gasteiger partial charge is 0.252 e. The molecule has 0 bridgehead atoms. The van der Waals surface area contributed by atoms with Crippen LogP contribution in [0.1, 0.15) is 33.6 Å². The van der Waals surface area contributed by atoms with Gasteiger partial charge in [0, 0.05) is 11.1 Å². The molecule has 1 saturated heterocycles. The number of hydrogen-bond donors (Lipinski definition) is 0. The maximum Gasteiger partial charge on any atom is 0.252 e. The second-order valence-electron chi connectivity index (χ2n) is 9.60. The van der Waals surface area contributed by atoms with Crippen molar-refractivity contribution < 1.29 is 22.4 Å². The number of carbonyl (C=O) groups excluding carboxylic acids is 2. The Morgan fingerprint density at radius 2 is 1.62 bits per heavy atom. The first-order valence-electron chi connectivity index (χ1n) is 12.1. The molecule has 8 nitrogen and oxygen atoms in total. The van der Waals surface area contributed by atoms with Gasteiger partial charge in [-0.25, -0.2) is 18.3 Å². The Balaban J connectivity index is 1.47. The molecule has 5 rings (SSSR count). The third-order valence-corrected chi connectivity index (χ3v) is 8.97. The summed E-state index contributed by atoms with van der Waals surface area (Å²) in [5, 5.41) is 0. The summed E-state index contributed by atoms with van der Waals surface area (Å²) in [5.74, 6) is -0.597. The molecule has 9 heteroatoms. The Morgan fingerprint density at radius 1 is 0.973 bits per heavy atom. The minimum absolute atomic E-state index is 0.0814. The first-order chi connectivity index (χ1) is 17.6. The average molecular weight is 518 g/mol. The van der Waals surface area contributed by atoms with E-state index in [2.05, 4.69) is 4.98 Å². The number of carbonyl (C=O) groups is 2. The van der Waals surface area contributed by atoms with E-state index in [1.165, 1.54) is 16.4 Å². The van der Waals surface area contributed by atoms with Crippen molar-refractivity contribution in [3.8, 4) is 11.5 Å². The van der Waals surface area contributed by atoms with Crippen LogP contribution in [0.5, 0.6) is 0 Å². The number of para-hydroxylation sites is 2. The third-order valence-electron chi connectivity index (χ3n) is 6.83. The summed E-state index contributed by atoms with van der Waals surface area (Å²) in [7, 11) is -4.06. The molecule has 0 N–H and O–H groups in total. The zero-order chi connectivity index (χ0) is 26.4. The number of fused-ring (bicyclic) bond motifs is 1. The van der Waals surface area contributed by atoms with Crippen molar-refractivity contribution in [3.63, 3.8) is 0 Å². The molecule has 1 atom stereocenters. The van der Waals surface area contributed by atoms with Gasteiger partial charge in [-0.2, -0.15) is 4.31 Å². The predicted octanol–water partition coefficient (Wildman–Crippen LogP) is 5.01. The van der Waals surface area contributed by atoms with Gasteiger partial charge in [-0.05, 0) is 68.8 Å². The summed E-state index contributed by atoms with van der Waals surface area (Å²) in [5.41, 5.74) is 1.54. The minimum atomic E-state index is -4.06. The lowest BCUT2D eigenvalue weighted by atomic mass is 10.00. The Morgan fingerprint density at radius 3 is 2.27 bits per heavy atom. The Kier molecular flexibility index (Phi) is 6.21. The van der Waals surface area contributed by atoms with Crippen molar-refractivity contribution in [2.24, 2.45) is 0 Å². The molecule has 1 aromatic heterocycles. The molecular formula is C28H27N3O5S. The standard InChI is InChI=1S/C28H27N3O5S/c1-4-28(2,3)31(37(34,35)21-10-6-5-7-11-21)23-18-25(32)30(27(23)33)20-16-14-19(15-17-20)26-29-22-12-8-9-13-24(22)36-26/h5-17,23H,4,18H2,1-3H3. The number of oxazole rings is 1. The molecule has 3 aromatic carbocycles. The predicted molar refractivity (Wildman–Crippen MR) is 140 cm³/mol. The summed E-state index contributed by atoms with van der Waals surface area (Å²) in [6.07, 6.45) is 0.220. The highest BCUT2D eigenvalue weighted by atomic mass is 32.2. The normalized spacial score (nSPS) is 16.8. The second kappa shape index (κ2) is 9.24.